The van der Waals surface area contributed by atoms with Crippen LogP contribution in [0, 0.1) is 5.82 Å². The van der Waals surface area contributed by atoms with Crippen LogP contribution in [-0.2, 0) is 6.54 Å². The van der Waals surface area contributed by atoms with Crippen LogP contribution in [0.25, 0.3) is 16.9 Å². The molecular formula is C23H20FN5O3. The molecule has 9 heteroatoms. The van der Waals surface area contributed by atoms with Gasteiger partial charge >= 0.3 is 0 Å². The monoisotopic (exact) mass is 433 g/mol. The van der Waals surface area contributed by atoms with Crippen LogP contribution in [0.1, 0.15) is 16.1 Å². The van der Waals surface area contributed by atoms with E-state index in [0.29, 0.717) is 28.4 Å². The molecule has 162 valence electrons. The summed E-state index contributed by atoms with van der Waals surface area (Å²) in [5.74, 6) is 0.460. The molecule has 0 atom stereocenters. The highest BCUT2D eigenvalue weighted by molar-refractivity contribution is 5.98. The van der Waals surface area contributed by atoms with Crippen molar-refractivity contribution in [1.29, 1.82) is 0 Å². The molecule has 4 aromatic rings. The van der Waals surface area contributed by atoms with Crippen molar-refractivity contribution < 1.29 is 18.7 Å². The summed E-state index contributed by atoms with van der Waals surface area (Å²) in [7, 11) is 3.12. The molecular weight excluding hydrogens is 413 g/mol. The first-order chi connectivity index (χ1) is 15.6. The van der Waals surface area contributed by atoms with Crippen LogP contribution in [0.4, 0.5) is 4.39 Å². The molecule has 8 nitrogen and oxygen atoms in total. The second-order valence-electron chi connectivity index (χ2n) is 6.77. The van der Waals surface area contributed by atoms with Gasteiger partial charge in [-0.1, -0.05) is 5.21 Å². The van der Waals surface area contributed by atoms with Crippen molar-refractivity contribution in [2.75, 3.05) is 14.2 Å². The van der Waals surface area contributed by atoms with Gasteiger partial charge in [0, 0.05) is 36.1 Å². The Labute approximate surface area is 183 Å². The second-order valence-corrected chi connectivity index (χ2v) is 6.77. The number of halogens is 1. The fourth-order valence-corrected chi connectivity index (χ4v) is 3.22. The molecule has 0 radical (unpaired) electrons. The molecule has 0 aliphatic carbocycles. The molecule has 0 saturated carbocycles. The number of hydrogen-bond donors (Lipinski definition) is 1. The predicted molar refractivity (Wildman–Crippen MR) is 115 cm³/mol. The molecule has 1 amide bonds. The third kappa shape index (κ3) is 4.27. The maximum Gasteiger partial charge on any atom is 0.274 e. The fourth-order valence-electron chi connectivity index (χ4n) is 3.22. The van der Waals surface area contributed by atoms with E-state index in [0.717, 1.165) is 5.56 Å². The number of rotatable bonds is 7. The van der Waals surface area contributed by atoms with Crippen LogP contribution in [0.3, 0.4) is 0 Å². The highest BCUT2D eigenvalue weighted by Gasteiger charge is 2.22. The smallest absolute Gasteiger partial charge is 0.274 e. The first-order valence-electron chi connectivity index (χ1n) is 9.72. The Morgan fingerprint density at radius 2 is 1.78 bits per heavy atom. The van der Waals surface area contributed by atoms with Crippen LogP contribution in [-0.4, -0.2) is 40.1 Å². The average molecular weight is 433 g/mol. The fraction of sp³-hybridized carbons (Fsp3) is 0.130. The molecule has 4 rings (SSSR count). The minimum Gasteiger partial charge on any atom is -0.497 e. The molecule has 32 heavy (non-hydrogen) atoms. The van der Waals surface area contributed by atoms with Gasteiger partial charge in [0.1, 0.15) is 23.0 Å². The molecule has 0 aliphatic heterocycles. The number of methoxy groups -OCH3 is 2. The van der Waals surface area contributed by atoms with Crippen molar-refractivity contribution in [3.63, 3.8) is 0 Å². The van der Waals surface area contributed by atoms with E-state index < -0.39 is 5.91 Å². The minimum atomic E-state index is -0.414. The number of hydrogen-bond acceptors (Lipinski definition) is 6. The van der Waals surface area contributed by atoms with Crippen molar-refractivity contribution in [2.45, 2.75) is 6.54 Å². The van der Waals surface area contributed by atoms with Gasteiger partial charge in [0.15, 0.2) is 5.69 Å². The van der Waals surface area contributed by atoms with Gasteiger partial charge in [0.2, 0.25) is 0 Å². The molecule has 0 bridgehead atoms. The van der Waals surface area contributed by atoms with Crippen molar-refractivity contribution in [1.82, 2.24) is 25.3 Å². The summed E-state index contributed by atoms with van der Waals surface area (Å²) in [5, 5.41) is 11.1. The van der Waals surface area contributed by atoms with Gasteiger partial charge in [-0.2, -0.15) is 0 Å². The van der Waals surface area contributed by atoms with Gasteiger partial charge in [-0.05, 0) is 48.5 Å². The number of aromatic nitrogens is 4. The number of ether oxygens (including phenoxy) is 2. The van der Waals surface area contributed by atoms with Gasteiger partial charge in [-0.3, -0.25) is 9.78 Å². The largest absolute Gasteiger partial charge is 0.497 e. The van der Waals surface area contributed by atoms with Gasteiger partial charge in [0.25, 0.3) is 5.91 Å². The molecule has 2 aromatic carbocycles. The van der Waals surface area contributed by atoms with E-state index in [2.05, 4.69) is 20.6 Å². The maximum atomic E-state index is 13.4. The Morgan fingerprint density at radius 1 is 1.03 bits per heavy atom. The van der Waals surface area contributed by atoms with E-state index in [1.807, 2.05) is 6.07 Å². The Kier molecular flexibility index (Phi) is 6.07. The zero-order valence-corrected chi connectivity index (χ0v) is 17.4. The normalized spacial score (nSPS) is 10.6. The highest BCUT2D eigenvalue weighted by Crippen LogP contribution is 2.26. The summed E-state index contributed by atoms with van der Waals surface area (Å²) in [4.78, 5) is 17.1. The van der Waals surface area contributed by atoms with Crippen LogP contribution in [0.5, 0.6) is 11.5 Å². The van der Waals surface area contributed by atoms with E-state index in [4.69, 9.17) is 9.47 Å². The first kappa shape index (κ1) is 21.0. The molecule has 0 aliphatic rings. The molecule has 0 saturated heterocycles. The van der Waals surface area contributed by atoms with E-state index in [-0.39, 0.29) is 18.1 Å². The van der Waals surface area contributed by atoms with Crippen LogP contribution >= 0.6 is 0 Å². The number of nitrogens with one attached hydrogen (secondary N) is 1. The summed E-state index contributed by atoms with van der Waals surface area (Å²) in [6.45, 7) is 0.213. The topological polar surface area (TPSA) is 91.2 Å². The van der Waals surface area contributed by atoms with E-state index in [1.165, 1.54) is 16.8 Å². The zero-order valence-electron chi connectivity index (χ0n) is 17.4. The molecule has 1 N–H and O–H groups in total. The Morgan fingerprint density at radius 3 is 2.47 bits per heavy atom. The summed E-state index contributed by atoms with van der Waals surface area (Å²) in [5.41, 5.74) is 2.65. The molecule has 0 unspecified atom stereocenters. The summed E-state index contributed by atoms with van der Waals surface area (Å²) < 4.78 is 25.5. The summed E-state index contributed by atoms with van der Waals surface area (Å²) in [6.07, 6.45) is 3.22. The van der Waals surface area contributed by atoms with Crippen molar-refractivity contribution in [3.05, 3.63) is 84.1 Å². The lowest BCUT2D eigenvalue weighted by Gasteiger charge is -2.12. The average Bonchev–Trinajstić information content (AvgIpc) is 3.28. The lowest BCUT2D eigenvalue weighted by atomic mass is 10.1. The number of carbonyl (C=O) groups is 1. The summed E-state index contributed by atoms with van der Waals surface area (Å²) in [6, 6.07) is 14.6. The number of pyridine rings is 1. The van der Waals surface area contributed by atoms with Crippen LogP contribution in [0.2, 0.25) is 0 Å². The highest BCUT2D eigenvalue weighted by atomic mass is 19.1. The van der Waals surface area contributed by atoms with E-state index >= 15 is 0 Å². The Balaban J connectivity index is 1.66. The second kappa shape index (κ2) is 9.25. The van der Waals surface area contributed by atoms with Gasteiger partial charge < -0.3 is 14.8 Å². The molecule has 2 heterocycles. The Hall–Kier alpha value is -4.27. The maximum absolute atomic E-state index is 13.4. The SMILES string of the molecule is COc1ccc(CNC(=O)c2nnn(-c3ccc(F)cc3)c2-c2ccncc2)c(OC)c1. The van der Waals surface area contributed by atoms with Gasteiger partial charge in [-0.25, -0.2) is 9.07 Å². The van der Waals surface area contributed by atoms with E-state index in [9.17, 15) is 9.18 Å². The van der Waals surface area contributed by atoms with Crippen LogP contribution < -0.4 is 14.8 Å². The third-order valence-electron chi connectivity index (χ3n) is 4.84. The van der Waals surface area contributed by atoms with Crippen molar-refractivity contribution in [2.24, 2.45) is 0 Å². The number of amides is 1. The number of nitrogens with zero attached hydrogens (tertiary/aromatic N) is 4. The minimum absolute atomic E-state index is 0.132. The predicted octanol–water partition coefficient (Wildman–Crippen LogP) is 3.42. The standard InChI is InChI=1S/C23H20FN5O3/c1-31-19-8-3-16(20(13-19)32-2)14-26-23(30)21-22(15-9-11-25-12-10-15)29(28-27-21)18-6-4-17(24)5-7-18/h3-13H,14H2,1-2H3,(H,26,30). The first-order valence-corrected chi connectivity index (χ1v) is 9.72. The zero-order chi connectivity index (χ0) is 22.5. The van der Waals surface area contributed by atoms with Crippen molar-refractivity contribution in [3.8, 4) is 28.4 Å². The summed E-state index contributed by atoms with van der Waals surface area (Å²) >= 11 is 0. The lowest BCUT2D eigenvalue weighted by molar-refractivity contribution is 0.0946. The van der Waals surface area contributed by atoms with Gasteiger partial charge in [0.05, 0.1) is 19.9 Å². The van der Waals surface area contributed by atoms with Gasteiger partial charge in [-0.15, -0.1) is 5.10 Å². The lowest BCUT2D eigenvalue weighted by Crippen LogP contribution is -2.24. The van der Waals surface area contributed by atoms with Crippen molar-refractivity contribution >= 4 is 5.91 Å². The Bertz CT molecular complexity index is 1230. The quantitative estimate of drug-likeness (QED) is 0.480. The third-order valence-corrected chi connectivity index (χ3v) is 4.84. The molecule has 0 fully saturated rings. The molecule has 0 spiro atoms. The van der Waals surface area contributed by atoms with E-state index in [1.54, 1.807) is 63.0 Å². The van der Waals surface area contributed by atoms with Crippen LogP contribution in [0.15, 0.2) is 67.0 Å². The number of benzene rings is 2. The molecule has 2 aromatic heterocycles. The number of carbonyl (C=O) groups excluding carboxylic acids is 1.